The lowest BCUT2D eigenvalue weighted by Crippen LogP contribution is -2.21. The van der Waals surface area contributed by atoms with Crippen LogP contribution in [0, 0.1) is 0 Å². The number of hydrogen-bond donors (Lipinski definition) is 1. The van der Waals surface area contributed by atoms with E-state index in [1.807, 2.05) is 36.4 Å². The smallest absolute Gasteiger partial charge is 0.0577 e. The van der Waals surface area contributed by atoms with E-state index in [1.165, 1.54) is 0 Å². The Morgan fingerprint density at radius 1 is 0.842 bits per heavy atom. The van der Waals surface area contributed by atoms with Gasteiger partial charge in [-0.15, -0.1) is 0 Å². The van der Waals surface area contributed by atoms with E-state index < -0.39 is 0 Å². The summed E-state index contributed by atoms with van der Waals surface area (Å²) in [6.07, 6.45) is 0. The van der Waals surface area contributed by atoms with E-state index in [2.05, 4.69) is 12.2 Å². The number of halogens is 3. The van der Waals surface area contributed by atoms with Crippen molar-refractivity contribution in [3.8, 4) is 0 Å². The van der Waals surface area contributed by atoms with Crippen LogP contribution >= 0.6 is 34.8 Å². The minimum absolute atomic E-state index is 0.0541. The van der Waals surface area contributed by atoms with Crippen LogP contribution < -0.4 is 5.32 Å². The third kappa shape index (κ3) is 3.87. The average Bonchev–Trinajstić information content (AvgIpc) is 2.36. The summed E-state index contributed by atoms with van der Waals surface area (Å²) in [5.74, 6) is 0. The topological polar surface area (TPSA) is 12.0 Å². The molecule has 0 aliphatic rings. The third-order valence-electron chi connectivity index (χ3n) is 2.83. The molecule has 0 bridgehead atoms. The Balaban J connectivity index is 2.41. The maximum absolute atomic E-state index is 6.07. The van der Waals surface area contributed by atoms with Gasteiger partial charge >= 0.3 is 0 Å². The van der Waals surface area contributed by atoms with Gasteiger partial charge in [0.05, 0.1) is 6.04 Å². The molecule has 0 saturated heterocycles. The van der Waals surface area contributed by atoms with Crippen molar-refractivity contribution in [1.29, 1.82) is 0 Å². The maximum atomic E-state index is 6.07. The Bertz CT molecular complexity index is 532. The van der Waals surface area contributed by atoms with Gasteiger partial charge in [0, 0.05) is 15.1 Å². The number of hydrogen-bond acceptors (Lipinski definition) is 1. The summed E-state index contributed by atoms with van der Waals surface area (Å²) in [6, 6.07) is 13.4. The van der Waals surface area contributed by atoms with E-state index in [9.17, 15) is 0 Å². The number of nitrogens with one attached hydrogen (secondary N) is 1. The average molecular weight is 315 g/mol. The standard InChI is InChI=1S/C15H14Cl3N/c1-2-19-15(10-3-5-12(16)6-4-10)11-7-13(17)9-14(18)8-11/h3-9,15,19H,2H2,1H3. The van der Waals surface area contributed by atoms with Crippen molar-refractivity contribution in [2.45, 2.75) is 13.0 Å². The molecule has 1 atom stereocenters. The summed E-state index contributed by atoms with van der Waals surface area (Å²) in [6.45, 7) is 2.91. The molecule has 1 nitrogen and oxygen atoms in total. The third-order valence-corrected chi connectivity index (χ3v) is 3.52. The van der Waals surface area contributed by atoms with Crippen LogP contribution in [0.25, 0.3) is 0 Å². The SMILES string of the molecule is CCNC(c1ccc(Cl)cc1)c1cc(Cl)cc(Cl)c1. The van der Waals surface area contributed by atoms with Crippen molar-refractivity contribution in [3.05, 3.63) is 68.7 Å². The summed E-state index contributed by atoms with van der Waals surface area (Å²) in [4.78, 5) is 0. The minimum Gasteiger partial charge on any atom is -0.307 e. The van der Waals surface area contributed by atoms with Gasteiger partial charge in [-0.25, -0.2) is 0 Å². The highest BCUT2D eigenvalue weighted by molar-refractivity contribution is 6.34. The number of rotatable bonds is 4. The summed E-state index contributed by atoms with van der Waals surface area (Å²) in [5, 5.41) is 5.43. The van der Waals surface area contributed by atoms with Gasteiger partial charge in [-0.1, -0.05) is 53.9 Å². The molecule has 0 amide bonds. The summed E-state index contributed by atoms with van der Waals surface area (Å²) in [5.41, 5.74) is 2.17. The highest BCUT2D eigenvalue weighted by atomic mass is 35.5. The van der Waals surface area contributed by atoms with Crippen molar-refractivity contribution >= 4 is 34.8 Å². The Morgan fingerprint density at radius 2 is 1.42 bits per heavy atom. The normalized spacial score (nSPS) is 12.4. The Hall–Kier alpha value is -0.730. The highest BCUT2D eigenvalue weighted by Gasteiger charge is 2.14. The van der Waals surface area contributed by atoms with Crippen molar-refractivity contribution < 1.29 is 0 Å². The first kappa shape index (κ1) is 14.7. The maximum Gasteiger partial charge on any atom is 0.0577 e. The van der Waals surface area contributed by atoms with Crippen molar-refractivity contribution in [1.82, 2.24) is 5.32 Å². The molecule has 0 fully saturated rings. The van der Waals surface area contributed by atoms with Gasteiger partial charge in [0.25, 0.3) is 0 Å². The zero-order chi connectivity index (χ0) is 13.8. The van der Waals surface area contributed by atoms with Crippen LogP contribution in [-0.2, 0) is 0 Å². The second kappa shape index (κ2) is 6.62. The Labute approximate surface area is 128 Å². The van der Waals surface area contributed by atoms with E-state index in [0.29, 0.717) is 10.0 Å². The quantitative estimate of drug-likeness (QED) is 0.802. The second-order valence-corrected chi connectivity index (χ2v) is 5.55. The minimum atomic E-state index is 0.0541. The molecule has 2 aromatic carbocycles. The summed E-state index contributed by atoms with van der Waals surface area (Å²) < 4.78 is 0. The van der Waals surface area contributed by atoms with Crippen LogP contribution in [-0.4, -0.2) is 6.54 Å². The van der Waals surface area contributed by atoms with Crippen LogP contribution in [0.15, 0.2) is 42.5 Å². The van der Waals surface area contributed by atoms with Crippen LogP contribution in [0.1, 0.15) is 24.1 Å². The van der Waals surface area contributed by atoms with E-state index in [-0.39, 0.29) is 6.04 Å². The molecule has 1 N–H and O–H groups in total. The first-order chi connectivity index (χ1) is 9.10. The molecule has 0 heterocycles. The molecule has 0 radical (unpaired) electrons. The molecule has 0 aliphatic heterocycles. The molecule has 100 valence electrons. The van der Waals surface area contributed by atoms with Gasteiger partial charge < -0.3 is 5.32 Å². The van der Waals surface area contributed by atoms with E-state index in [1.54, 1.807) is 6.07 Å². The van der Waals surface area contributed by atoms with Crippen LogP contribution in [0.5, 0.6) is 0 Å². The van der Waals surface area contributed by atoms with Gasteiger partial charge in [0.15, 0.2) is 0 Å². The fourth-order valence-electron chi connectivity index (χ4n) is 2.03. The zero-order valence-corrected chi connectivity index (χ0v) is 12.7. The lowest BCUT2D eigenvalue weighted by atomic mass is 9.99. The highest BCUT2D eigenvalue weighted by Crippen LogP contribution is 2.28. The molecular weight excluding hydrogens is 301 g/mol. The van der Waals surface area contributed by atoms with Gasteiger partial charge in [-0.05, 0) is 48.0 Å². The monoisotopic (exact) mass is 313 g/mol. The van der Waals surface area contributed by atoms with E-state index in [0.717, 1.165) is 22.7 Å². The first-order valence-corrected chi connectivity index (χ1v) is 7.18. The molecule has 4 heteroatoms. The van der Waals surface area contributed by atoms with E-state index >= 15 is 0 Å². The predicted octanol–water partition coefficient (Wildman–Crippen LogP) is 5.35. The van der Waals surface area contributed by atoms with E-state index in [4.69, 9.17) is 34.8 Å². The van der Waals surface area contributed by atoms with Gasteiger partial charge in [0.1, 0.15) is 0 Å². The van der Waals surface area contributed by atoms with Gasteiger partial charge in [-0.3, -0.25) is 0 Å². The molecule has 0 aromatic heterocycles. The molecule has 1 unspecified atom stereocenters. The predicted molar refractivity (Wildman–Crippen MR) is 83.4 cm³/mol. The molecule has 0 spiro atoms. The largest absolute Gasteiger partial charge is 0.307 e. The fourth-order valence-corrected chi connectivity index (χ4v) is 2.70. The van der Waals surface area contributed by atoms with Crippen LogP contribution in [0.3, 0.4) is 0 Å². The van der Waals surface area contributed by atoms with Crippen molar-refractivity contribution in [2.24, 2.45) is 0 Å². The summed E-state index contributed by atoms with van der Waals surface area (Å²) in [7, 11) is 0. The second-order valence-electron chi connectivity index (χ2n) is 4.25. The molecule has 0 saturated carbocycles. The lowest BCUT2D eigenvalue weighted by Gasteiger charge is -2.19. The molecular formula is C15H14Cl3N. The zero-order valence-electron chi connectivity index (χ0n) is 10.5. The van der Waals surface area contributed by atoms with Crippen molar-refractivity contribution in [2.75, 3.05) is 6.54 Å². The molecule has 0 aliphatic carbocycles. The fraction of sp³-hybridized carbons (Fsp3) is 0.200. The Kier molecular flexibility index (Phi) is 5.12. The lowest BCUT2D eigenvalue weighted by molar-refractivity contribution is 0.631. The first-order valence-electron chi connectivity index (χ1n) is 6.05. The van der Waals surface area contributed by atoms with Crippen LogP contribution in [0.4, 0.5) is 0 Å². The Morgan fingerprint density at radius 3 is 1.95 bits per heavy atom. The molecule has 2 aromatic rings. The molecule has 2 rings (SSSR count). The number of benzene rings is 2. The van der Waals surface area contributed by atoms with Crippen LogP contribution in [0.2, 0.25) is 15.1 Å². The summed E-state index contributed by atoms with van der Waals surface area (Å²) >= 11 is 18.1. The van der Waals surface area contributed by atoms with Crippen molar-refractivity contribution in [3.63, 3.8) is 0 Å². The molecule has 19 heavy (non-hydrogen) atoms. The van der Waals surface area contributed by atoms with Gasteiger partial charge in [0.2, 0.25) is 0 Å². The van der Waals surface area contributed by atoms with Gasteiger partial charge in [-0.2, -0.15) is 0 Å².